The first-order valence-corrected chi connectivity index (χ1v) is 7.28. The number of hydrogen-bond acceptors (Lipinski definition) is 4. The number of ether oxygens (including phenoxy) is 1. The van der Waals surface area contributed by atoms with E-state index in [1.165, 1.54) is 0 Å². The van der Waals surface area contributed by atoms with Crippen LogP contribution in [0.4, 0.5) is 16.2 Å². The van der Waals surface area contributed by atoms with Gasteiger partial charge in [-0.1, -0.05) is 25.4 Å². The Bertz CT molecular complexity index is 516. The van der Waals surface area contributed by atoms with E-state index in [9.17, 15) is 4.79 Å². The molecule has 0 fully saturated rings. The zero-order valence-corrected chi connectivity index (χ0v) is 13.8. The minimum atomic E-state index is -0.800. The zero-order chi connectivity index (χ0) is 16.2. The Kier molecular flexibility index (Phi) is 5.72. The Morgan fingerprint density at radius 1 is 1.43 bits per heavy atom. The van der Waals surface area contributed by atoms with E-state index >= 15 is 0 Å². The van der Waals surface area contributed by atoms with Crippen LogP contribution in [-0.4, -0.2) is 18.2 Å². The monoisotopic (exact) mass is 313 g/mol. The maximum Gasteiger partial charge on any atom is 0.405 e. The average Bonchev–Trinajstić information content (AvgIpc) is 2.28. The van der Waals surface area contributed by atoms with Crippen LogP contribution >= 0.6 is 11.6 Å². The van der Waals surface area contributed by atoms with Crippen LogP contribution < -0.4 is 16.8 Å². The molecule has 0 bridgehead atoms. The summed E-state index contributed by atoms with van der Waals surface area (Å²) in [6.07, 6.45) is -0.347. The van der Waals surface area contributed by atoms with Crippen LogP contribution in [0.15, 0.2) is 12.1 Å². The summed E-state index contributed by atoms with van der Waals surface area (Å²) in [6.45, 7) is 8.61. The van der Waals surface area contributed by atoms with Gasteiger partial charge in [0.25, 0.3) is 0 Å². The number of amides is 1. The second kappa shape index (κ2) is 6.89. The summed E-state index contributed by atoms with van der Waals surface area (Å²) in [4.78, 5) is 10.9. The lowest BCUT2D eigenvalue weighted by atomic mass is 9.96. The molecule has 6 heteroatoms. The topological polar surface area (TPSA) is 90.4 Å². The third-order valence-corrected chi connectivity index (χ3v) is 3.24. The highest BCUT2D eigenvalue weighted by Crippen LogP contribution is 2.31. The average molecular weight is 314 g/mol. The molecule has 1 amide bonds. The van der Waals surface area contributed by atoms with Gasteiger partial charge in [-0.05, 0) is 37.5 Å². The van der Waals surface area contributed by atoms with E-state index in [1.807, 2.05) is 6.07 Å². The maximum absolute atomic E-state index is 10.9. The van der Waals surface area contributed by atoms with Gasteiger partial charge in [0, 0.05) is 18.7 Å². The minimum Gasteiger partial charge on any atom is -0.443 e. The summed E-state index contributed by atoms with van der Waals surface area (Å²) in [6, 6.07) is 3.60. The minimum absolute atomic E-state index is 0.454. The number of primary amides is 1. The van der Waals surface area contributed by atoms with Crippen LogP contribution in [0.5, 0.6) is 0 Å². The summed E-state index contributed by atoms with van der Waals surface area (Å²) in [5.74, 6) is 0.497. The van der Waals surface area contributed by atoms with Crippen molar-refractivity contribution < 1.29 is 9.53 Å². The highest BCUT2D eigenvalue weighted by molar-refractivity contribution is 6.33. The van der Waals surface area contributed by atoms with Crippen LogP contribution in [-0.2, 0) is 11.2 Å². The summed E-state index contributed by atoms with van der Waals surface area (Å²) >= 11 is 6.19. The Morgan fingerprint density at radius 2 is 2.05 bits per heavy atom. The lowest BCUT2D eigenvalue weighted by Crippen LogP contribution is -2.33. The summed E-state index contributed by atoms with van der Waals surface area (Å²) in [5, 5.41) is 3.86. The van der Waals surface area contributed by atoms with Gasteiger partial charge in [-0.15, -0.1) is 0 Å². The number of benzene rings is 1. The van der Waals surface area contributed by atoms with Crippen molar-refractivity contribution in [2.24, 2.45) is 11.7 Å². The number of nitrogens with two attached hydrogens (primary N) is 2. The van der Waals surface area contributed by atoms with E-state index in [0.29, 0.717) is 23.0 Å². The number of hydrogen-bond donors (Lipinski definition) is 3. The van der Waals surface area contributed by atoms with Gasteiger partial charge in [0.2, 0.25) is 0 Å². The Balaban J connectivity index is 2.96. The van der Waals surface area contributed by atoms with Gasteiger partial charge in [0.05, 0.1) is 10.7 Å². The Hall–Kier alpha value is -1.62. The summed E-state index contributed by atoms with van der Waals surface area (Å²) in [5.41, 5.74) is 12.6. The fraction of sp³-hybridized carbons (Fsp3) is 0.533. The molecule has 0 saturated heterocycles. The molecule has 0 heterocycles. The molecule has 0 aromatic heterocycles. The second-order valence-electron chi connectivity index (χ2n) is 6.16. The Morgan fingerprint density at radius 3 is 2.57 bits per heavy atom. The number of carbonyl (C=O) groups is 1. The first-order valence-electron chi connectivity index (χ1n) is 6.91. The third kappa shape index (κ3) is 5.71. The van der Waals surface area contributed by atoms with Crippen molar-refractivity contribution >= 4 is 29.1 Å². The van der Waals surface area contributed by atoms with Crippen molar-refractivity contribution in [3.8, 4) is 0 Å². The molecule has 0 radical (unpaired) electrons. The fourth-order valence-corrected chi connectivity index (χ4v) is 2.24. The van der Waals surface area contributed by atoms with Crippen molar-refractivity contribution in [3.05, 3.63) is 22.7 Å². The van der Waals surface area contributed by atoms with Gasteiger partial charge >= 0.3 is 6.09 Å². The Labute approximate surface area is 131 Å². The molecule has 0 spiro atoms. The van der Waals surface area contributed by atoms with E-state index in [-0.39, 0.29) is 0 Å². The smallest absolute Gasteiger partial charge is 0.405 e. The standard InChI is InChI=1S/C15H24ClN3O2/c1-9(2)8-19-13-5-10(12(17)6-11(13)16)7-15(3,4)21-14(18)20/h5-6,9,19H,7-8,17H2,1-4H3,(H2,18,20). The zero-order valence-electron chi connectivity index (χ0n) is 13.0. The summed E-state index contributed by atoms with van der Waals surface area (Å²) < 4.78 is 5.09. The third-order valence-electron chi connectivity index (χ3n) is 2.92. The first-order chi connectivity index (χ1) is 9.60. The number of anilines is 2. The van der Waals surface area contributed by atoms with E-state index in [1.54, 1.807) is 19.9 Å². The van der Waals surface area contributed by atoms with Crippen LogP contribution in [0.25, 0.3) is 0 Å². The van der Waals surface area contributed by atoms with E-state index in [0.717, 1.165) is 17.8 Å². The number of nitrogen functional groups attached to an aromatic ring is 1. The van der Waals surface area contributed by atoms with Crippen molar-refractivity contribution in [2.75, 3.05) is 17.6 Å². The first kappa shape index (κ1) is 17.4. The number of halogens is 1. The molecule has 5 N–H and O–H groups in total. The van der Waals surface area contributed by atoms with Crippen molar-refractivity contribution in [1.29, 1.82) is 0 Å². The molecule has 0 unspecified atom stereocenters. The SMILES string of the molecule is CC(C)CNc1cc(CC(C)(C)OC(N)=O)c(N)cc1Cl. The van der Waals surface area contributed by atoms with Crippen molar-refractivity contribution in [2.45, 2.75) is 39.7 Å². The van der Waals surface area contributed by atoms with E-state index in [4.69, 9.17) is 27.8 Å². The molecular weight excluding hydrogens is 290 g/mol. The van der Waals surface area contributed by atoms with E-state index < -0.39 is 11.7 Å². The molecule has 0 aliphatic rings. The van der Waals surface area contributed by atoms with Gasteiger partial charge in [0.1, 0.15) is 5.60 Å². The second-order valence-corrected chi connectivity index (χ2v) is 6.57. The van der Waals surface area contributed by atoms with Crippen LogP contribution in [0, 0.1) is 5.92 Å². The maximum atomic E-state index is 10.9. The molecule has 0 atom stereocenters. The molecule has 0 saturated carbocycles. The molecule has 21 heavy (non-hydrogen) atoms. The summed E-state index contributed by atoms with van der Waals surface area (Å²) in [7, 11) is 0. The van der Waals surface area contributed by atoms with Crippen molar-refractivity contribution in [3.63, 3.8) is 0 Å². The highest BCUT2D eigenvalue weighted by atomic mass is 35.5. The van der Waals surface area contributed by atoms with Gasteiger partial charge in [-0.2, -0.15) is 0 Å². The molecule has 1 rings (SSSR count). The normalized spacial score (nSPS) is 11.5. The highest BCUT2D eigenvalue weighted by Gasteiger charge is 2.24. The largest absolute Gasteiger partial charge is 0.443 e. The van der Waals surface area contributed by atoms with Crippen LogP contribution in [0.2, 0.25) is 5.02 Å². The number of rotatable bonds is 6. The van der Waals surface area contributed by atoms with E-state index in [2.05, 4.69) is 19.2 Å². The fourth-order valence-electron chi connectivity index (χ4n) is 2.00. The molecule has 118 valence electrons. The van der Waals surface area contributed by atoms with Gasteiger partial charge in [0.15, 0.2) is 0 Å². The number of carbonyl (C=O) groups excluding carboxylic acids is 1. The van der Waals surface area contributed by atoms with Crippen LogP contribution in [0.1, 0.15) is 33.3 Å². The predicted octanol–water partition coefficient (Wildman–Crippen LogP) is 3.41. The molecule has 1 aromatic carbocycles. The predicted molar refractivity (Wildman–Crippen MR) is 87.6 cm³/mol. The molecule has 0 aliphatic carbocycles. The number of nitrogens with one attached hydrogen (secondary N) is 1. The molecule has 0 aliphatic heterocycles. The lowest BCUT2D eigenvalue weighted by molar-refractivity contribution is 0.0461. The molecule has 1 aromatic rings. The quantitative estimate of drug-likeness (QED) is 0.702. The lowest BCUT2D eigenvalue weighted by Gasteiger charge is -2.25. The van der Waals surface area contributed by atoms with Gasteiger partial charge < -0.3 is 21.5 Å². The van der Waals surface area contributed by atoms with Crippen LogP contribution in [0.3, 0.4) is 0 Å². The molecular formula is C15H24ClN3O2. The van der Waals surface area contributed by atoms with Crippen molar-refractivity contribution in [1.82, 2.24) is 0 Å². The van der Waals surface area contributed by atoms with Gasteiger partial charge in [-0.3, -0.25) is 0 Å². The van der Waals surface area contributed by atoms with Gasteiger partial charge in [-0.25, -0.2) is 4.79 Å². The molecule has 5 nitrogen and oxygen atoms in total.